The Morgan fingerprint density at radius 1 is 1.38 bits per heavy atom. The first-order valence-corrected chi connectivity index (χ1v) is 6.99. The van der Waals surface area contributed by atoms with E-state index in [0.29, 0.717) is 41.6 Å². The first-order valence-electron chi connectivity index (χ1n) is 6.46. The van der Waals surface area contributed by atoms with E-state index in [1.165, 1.54) is 0 Å². The molecule has 21 heavy (non-hydrogen) atoms. The van der Waals surface area contributed by atoms with Gasteiger partial charge >= 0.3 is 0 Å². The SMILES string of the molecule is Cc1nc(Cn2c(CCCl)nc3c(C#N)cccc32)no1. The lowest BCUT2D eigenvalue weighted by atomic mass is 10.2. The first-order chi connectivity index (χ1) is 10.2. The number of benzene rings is 1. The molecule has 1 aromatic carbocycles. The average molecular weight is 302 g/mol. The zero-order valence-electron chi connectivity index (χ0n) is 11.4. The molecule has 0 bridgehead atoms. The lowest BCUT2D eigenvalue weighted by Crippen LogP contribution is -2.07. The van der Waals surface area contributed by atoms with E-state index < -0.39 is 0 Å². The predicted octanol–water partition coefficient (Wildman–Crippen LogP) is 2.43. The number of fused-ring (bicyclic) bond motifs is 1. The van der Waals surface area contributed by atoms with Crippen LogP contribution in [0.25, 0.3) is 11.0 Å². The molecule has 0 fully saturated rings. The highest BCUT2D eigenvalue weighted by Gasteiger charge is 2.15. The quantitative estimate of drug-likeness (QED) is 0.691. The minimum absolute atomic E-state index is 0.439. The maximum absolute atomic E-state index is 9.19. The summed E-state index contributed by atoms with van der Waals surface area (Å²) in [5.74, 6) is 2.36. The van der Waals surface area contributed by atoms with Crippen LogP contribution in [0.2, 0.25) is 0 Å². The molecule has 2 aromatic heterocycles. The van der Waals surface area contributed by atoms with Crippen LogP contribution in [0.5, 0.6) is 0 Å². The van der Waals surface area contributed by atoms with Crippen LogP contribution in [0, 0.1) is 18.3 Å². The minimum atomic E-state index is 0.439. The normalized spacial score (nSPS) is 10.9. The second-order valence-electron chi connectivity index (χ2n) is 4.57. The van der Waals surface area contributed by atoms with E-state index in [-0.39, 0.29) is 0 Å². The predicted molar refractivity (Wildman–Crippen MR) is 77.0 cm³/mol. The summed E-state index contributed by atoms with van der Waals surface area (Å²) in [6.45, 7) is 2.19. The molecular weight excluding hydrogens is 290 g/mol. The smallest absolute Gasteiger partial charge is 0.223 e. The summed E-state index contributed by atoms with van der Waals surface area (Å²) in [5, 5.41) is 13.1. The molecule has 0 aliphatic carbocycles. The number of halogens is 1. The van der Waals surface area contributed by atoms with Gasteiger partial charge in [-0.2, -0.15) is 10.2 Å². The molecular formula is C14H12ClN5O. The number of aryl methyl sites for hydroxylation is 2. The second-order valence-corrected chi connectivity index (χ2v) is 4.95. The summed E-state index contributed by atoms with van der Waals surface area (Å²) >= 11 is 5.85. The van der Waals surface area contributed by atoms with Crippen LogP contribution in [0.15, 0.2) is 22.7 Å². The van der Waals surface area contributed by atoms with Crippen molar-refractivity contribution in [2.24, 2.45) is 0 Å². The van der Waals surface area contributed by atoms with Crippen LogP contribution in [0.1, 0.15) is 23.1 Å². The molecule has 0 saturated heterocycles. The summed E-state index contributed by atoms with van der Waals surface area (Å²) in [5.41, 5.74) is 2.10. The van der Waals surface area contributed by atoms with Crippen molar-refractivity contribution in [3.05, 3.63) is 41.3 Å². The Morgan fingerprint density at radius 3 is 2.90 bits per heavy atom. The van der Waals surface area contributed by atoms with Crippen molar-refractivity contribution in [1.82, 2.24) is 19.7 Å². The van der Waals surface area contributed by atoms with Crippen molar-refractivity contribution in [2.45, 2.75) is 19.9 Å². The van der Waals surface area contributed by atoms with Gasteiger partial charge in [-0.1, -0.05) is 11.2 Å². The molecule has 0 atom stereocenters. The van der Waals surface area contributed by atoms with Crippen LogP contribution in [-0.2, 0) is 13.0 Å². The Hall–Kier alpha value is -2.39. The topological polar surface area (TPSA) is 80.5 Å². The van der Waals surface area contributed by atoms with Gasteiger partial charge in [0, 0.05) is 19.2 Å². The Labute approximate surface area is 126 Å². The van der Waals surface area contributed by atoms with Gasteiger partial charge in [0.25, 0.3) is 0 Å². The maximum Gasteiger partial charge on any atom is 0.223 e. The summed E-state index contributed by atoms with van der Waals surface area (Å²) in [6, 6.07) is 7.68. The van der Waals surface area contributed by atoms with E-state index in [1.807, 2.05) is 16.7 Å². The second kappa shape index (κ2) is 5.54. The number of imidazole rings is 1. The summed E-state index contributed by atoms with van der Waals surface area (Å²) in [7, 11) is 0. The molecule has 0 aliphatic heterocycles. The van der Waals surface area contributed by atoms with Crippen LogP contribution in [0.3, 0.4) is 0 Å². The maximum atomic E-state index is 9.19. The molecule has 106 valence electrons. The lowest BCUT2D eigenvalue weighted by molar-refractivity contribution is 0.386. The van der Waals surface area contributed by atoms with E-state index in [4.69, 9.17) is 16.1 Å². The highest BCUT2D eigenvalue weighted by atomic mass is 35.5. The van der Waals surface area contributed by atoms with Crippen molar-refractivity contribution >= 4 is 22.6 Å². The molecule has 7 heteroatoms. The first kappa shape index (κ1) is 13.6. The van der Waals surface area contributed by atoms with E-state index in [9.17, 15) is 5.26 Å². The lowest BCUT2D eigenvalue weighted by Gasteiger charge is -2.05. The molecule has 0 unspecified atom stereocenters. The molecule has 6 nitrogen and oxygen atoms in total. The Morgan fingerprint density at radius 2 is 2.24 bits per heavy atom. The van der Waals surface area contributed by atoms with Gasteiger partial charge in [-0.15, -0.1) is 11.6 Å². The van der Waals surface area contributed by atoms with Gasteiger partial charge < -0.3 is 9.09 Å². The fourth-order valence-electron chi connectivity index (χ4n) is 2.28. The molecule has 2 heterocycles. The van der Waals surface area contributed by atoms with Gasteiger partial charge in [-0.3, -0.25) is 0 Å². The molecule has 0 N–H and O–H groups in total. The van der Waals surface area contributed by atoms with Gasteiger partial charge in [-0.05, 0) is 12.1 Å². The van der Waals surface area contributed by atoms with E-state index in [1.54, 1.807) is 13.0 Å². The zero-order chi connectivity index (χ0) is 14.8. The number of aromatic nitrogens is 4. The standard InChI is InChI=1S/C14H12ClN5O/c1-9-17-12(19-21-9)8-20-11-4-2-3-10(7-16)14(11)18-13(20)5-6-15/h2-4H,5-6,8H2,1H3. The van der Waals surface area contributed by atoms with Crippen LogP contribution < -0.4 is 0 Å². The molecule has 3 rings (SSSR count). The van der Waals surface area contributed by atoms with Crippen molar-refractivity contribution in [1.29, 1.82) is 5.26 Å². The number of hydrogen-bond acceptors (Lipinski definition) is 5. The average Bonchev–Trinajstić information content (AvgIpc) is 3.04. The highest BCUT2D eigenvalue weighted by Crippen LogP contribution is 2.21. The van der Waals surface area contributed by atoms with Gasteiger partial charge in [0.2, 0.25) is 5.89 Å². The van der Waals surface area contributed by atoms with Crippen molar-refractivity contribution in [2.75, 3.05) is 5.88 Å². The fraction of sp³-hybridized carbons (Fsp3) is 0.286. The third-order valence-corrected chi connectivity index (χ3v) is 3.35. The molecule has 0 radical (unpaired) electrons. The third kappa shape index (κ3) is 2.48. The summed E-state index contributed by atoms with van der Waals surface area (Å²) < 4.78 is 6.97. The Bertz CT molecular complexity index is 830. The number of alkyl halides is 1. The number of rotatable bonds is 4. The fourth-order valence-corrected chi connectivity index (χ4v) is 2.45. The highest BCUT2D eigenvalue weighted by molar-refractivity contribution is 6.17. The summed E-state index contributed by atoms with van der Waals surface area (Å²) in [6.07, 6.45) is 0.609. The molecule has 0 aliphatic rings. The van der Waals surface area contributed by atoms with Crippen molar-refractivity contribution < 1.29 is 4.52 Å². The van der Waals surface area contributed by atoms with E-state index in [2.05, 4.69) is 21.2 Å². The number of para-hydroxylation sites is 1. The van der Waals surface area contributed by atoms with Gasteiger partial charge in [0.15, 0.2) is 5.82 Å². The van der Waals surface area contributed by atoms with Crippen LogP contribution >= 0.6 is 11.6 Å². The molecule has 0 saturated carbocycles. The van der Waals surface area contributed by atoms with Gasteiger partial charge in [0.1, 0.15) is 17.4 Å². The zero-order valence-corrected chi connectivity index (χ0v) is 12.1. The minimum Gasteiger partial charge on any atom is -0.340 e. The van der Waals surface area contributed by atoms with Crippen LogP contribution in [-0.4, -0.2) is 25.6 Å². The number of nitrogens with zero attached hydrogens (tertiary/aromatic N) is 5. The Kier molecular flexibility index (Phi) is 3.59. The molecule has 0 spiro atoms. The monoisotopic (exact) mass is 301 g/mol. The number of nitriles is 1. The summed E-state index contributed by atoms with van der Waals surface area (Å²) in [4.78, 5) is 8.76. The molecule has 3 aromatic rings. The van der Waals surface area contributed by atoms with E-state index in [0.717, 1.165) is 11.3 Å². The molecule has 0 amide bonds. The van der Waals surface area contributed by atoms with E-state index >= 15 is 0 Å². The third-order valence-electron chi connectivity index (χ3n) is 3.17. The van der Waals surface area contributed by atoms with Crippen LogP contribution in [0.4, 0.5) is 0 Å². The largest absolute Gasteiger partial charge is 0.340 e. The number of hydrogen-bond donors (Lipinski definition) is 0. The van der Waals surface area contributed by atoms with Gasteiger partial charge in [-0.25, -0.2) is 4.98 Å². The van der Waals surface area contributed by atoms with Crippen molar-refractivity contribution in [3.8, 4) is 6.07 Å². The van der Waals surface area contributed by atoms with Gasteiger partial charge in [0.05, 0.1) is 17.6 Å². The van der Waals surface area contributed by atoms with Crippen molar-refractivity contribution in [3.63, 3.8) is 0 Å². The Balaban J connectivity index is 2.14.